The molecule has 6 nitrogen and oxygen atoms in total. The minimum Gasteiger partial charge on any atom is -0.493 e. The highest BCUT2D eigenvalue weighted by Gasteiger charge is 2.39. The smallest absolute Gasteiger partial charge is 0.241 e. The van der Waals surface area contributed by atoms with Crippen LogP contribution in [0.3, 0.4) is 0 Å². The van der Waals surface area contributed by atoms with Crippen molar-refractivity contribution in [2.75, 3.05) is 25.7 Å². The van der Waals surface area contributed by atoms with E-state index in [-0.39, 0.29) is 24.2 Å². The first kappa shape index (κ1) is 25.6. The van der Waals surface area contributed by atoms with E-state index in [4.69, 9.17) is 9.47 Å². The second-order valence-electron chi connectivity index (χ2n) is 8.54. The van der Waals surface area contributed by atoms with Gasteiger partial charge in [-0.25, -0.2) is 4.39 Å². The molecule has 0 unspecified atom stereocenters. The van der Waals surface area contributed by atoms with Crippen molar-refractivity contribution in [3.63, 3.8) is 0 Å². The van der Waals surface area contributed by atoms with Crippen LogP contribution in [0, 0.1) is 11.7 Å². The minimum absolute atomic E-state index is 0.104. The zero-order valence-corrected chi connectivity index (χ0v) is 21.3. The molecule has 0 aromatic heterocycles. The lowest BCUT2D eigenvalue weighted by Crippen LogP contribution is -2.47. The molecule has 2 atom stereocenters. The van der Waals surface area contributed by atoms with E-state index in [9.17, 15) is 14.0 Å². The SMILES string of the molecule is COc1ccc(CCNC(=O)[C@@H](C)[C@@H]2Sc3ccccc3N(Cc3ccccc3F)C2=O)cc1OC. The number of hydrogen-bond acceptors (Lipinski definition) is 5. The van der Waals surface area contributed by atoms with E-state index in [1.165, 1.54) is 17.8 Å². The molecule has 0 aliphatic carbocycles. The number of para-hydroxylation sites is 1. The summed E-state index contributed by atoms with van der Waals surface area (Å²) >= 11 is 1.38. The van der Waals surface area contributed by atoms with Crippen LogP contribution in [0.15, 0.2) is 71.6 Å². The van der Waals surface area contributed by atoms with Gasteiger partial charge in [0.05, 0.1) is 32.4 Å². The van der Waals surface area contributed by atoms with Gasteiger partial charge >= 0.3 is 0 Å². The van der Waals surface area contributed by atoms with Crippen LogP contribution in [-0.4, -0.2) is 37.8 Å². The molecule has 1 aliphatic heterocycles. The Bertz CT molecular complexity index is 1250. The van der Waals surface area contributed by atoms with Gasteiger partial charge in [0.15, 0.2) is 11.5 Å². The van der Waals surface area contributed by atoms with Crippen LogP contribution in [0.5, 0.6) is 11.5 Å². The number of thioether (sulfide) groups is 1. The van der Waals surface area contributed by atoms with Crippen molar-refractivity contribution in [1.29, 1.82) is 0 Å². The van der Waals surface area contributed by atoms with Gasteiger partial charge in [-0.1, -0.05) is 43.3 Å². The van der Waals surface area contributed by atoms with Crippen molar-refractivity contribution >= 4 is 29.3 Å². The van der Waals surface area contributed by atoms with Crippen LogP contribution < -0.4 is 19.7 Å². The maximum atomic E-state index is 14.4. The zero-order valence-electron chi connectivity index (χ0n) is 20.5. The molecule has 0 spiro atoms. The number of nitrogens with zero attached hydrogens (tertiary/aromatic N) is 1. The summed E-state index contributed by atoms with van der Waals surface area (Å²) in [5, 5.41) is 2.34. The molecule has 0 bridgehead atoms. The number of fused-ring (bicyclic) bond motifs is 1. The van der Waals surface area contributed by atoms with Crippen LogP contribution in [0.25, 0.3) is 0 Å². The molecule has 1 heterocycles. The molecular formula is C28H29FN2O4S. The molecule has 0 fully saturated rings. The Morgan fingerprint density at radius 2 is 1.78 bits per heavy atom. The van der Waals surface area contributed by atoms with Gasteiger partial charge in [-0.05, 0) is 42.3 Å². The van der Waals surface area contributed by atoms with Gasteiger partial charge in [-0.15, -0.1) is 11.8 Å². The number of anilines is 1. The Morgan fingerprint density at radius 1 is 1.06 bits per heavy atom. The van der Waals surface area contributed by atoms with Gasteiger partial charge in [0, 0.05) is 17.0 Å². The number of rotatable bonds is 9. The van der Waals surface area contributed by atoms with Crippen LogP contribution >= 0.6 is 11.8 Å². The van der Waals surface area contributed by atoms with E-state index in [0.717, 1.165) is 16.1 Å². The van der Waals surface area contributed by atoms with E-state index < -0.39 is 11.2 Å². The number of amides is 2. The molecule has 4 rings (SSSR count). The molecular weight excluding hydrogens is 479 g/mol. The van der Waals surface area contributed by atoms with Crippen molar-refractivity contribution < 1.29 is 23.5 Å². The van der Waals surface area contributed by atoms with Gasteiger partial charge in [0.25, 0.3) is 0 Å². The van der Waals surface area contributed by atoms with E-state index in [1.807, 2.05) is 42.5 Å². The highest BCUT2D eigenvalue weighted by atomic mass is 32.2. The number of methoxy groups -OCH3 is 2. The van der Waals surface area contributed by atoms with E-state index >= 15 is 0 Å². The lowest BCUT2D eigenvalue weighted by Gasteiger charge is -2.35. The molecule has 0 saturated heterocycles. The third-order valence-electron chi connectivity index (χ3n) is 6.23. The molecule has 3 aromatic rings. The number of nitrogens with one attached hydrogen (secondary N) is 1. The maximum Gasteiger partial charge on any atom is 0.241 e. The first-order valence-electron chi connectivity index (χ1n) is 11.7. The van der Waals surface area contributed by atoms with Crippen molar-refractivity contribution in [3.05, 3.63) is 83.7 Å². The highest BCUT2D eigenvalue weighted by molar-refractivity contribution is 8.01. The Kier molecular flexibility index (Phi) is 8.15. The highest BCUT2D eigenvalue weighted by Crippen LogP contribution is 2.42. The summed E-state index contributed by atoms with van der Waals surface area (Å²) in [7, 11) is 3.16. The van der Waals surface area contributed by atoms with Crippen molar-refractivity contribution in [2.24, 2.45) is 5.92 Å². The number of halogens is 1. The van der Waals surface area contributed by atoms with Crippen molar-refractivity contribution in [2.45, 2.75) is 30.0 Å². The monoisotopic (exact) mass is 508 g/mol. The summed E-state index contributed by atoms with van der Waals surface area (Å²) in [5.74, 6) is -0.0709. The molecule has 1 N–H and O–H groups in total. The lowest BCUT2D eigenvalue weighted by atomic mass is 10.0. The van der Waals surface area contributed by atoms with E-state index in [1.54, 1.807) is 44.2 Å². The minimum atomic E-state index is -0.618. The molecule has 36 heavy (non-hydrogen) atoms. The second kappa shape index (κ2) is 11.5. The molecule has 3 aromatic carbocycles. The first-order valence-corrected chi connectivity index (χ1v) is 12.6. The summed E-state index contributed by atoms with van der Waals surface area (Å²) in [6.07, 6.45) is 0.604. The van der Waals surface area contributed by atoms with E-state index in [2.05, 4.69) is 5.32 Å². The topological polar surface area (TPSA) is 67.9 Å². The Labute approximate surface area is 214 Å². The predicted molar refractivity (Wildman–Crippen MR) is 139 cm³/mol. The van der Waals surface area contributed by atoms with Crippen molar-refractivity contribution in [3.8, 4) is 11.5 Å². The number of benzene rings is 3. The van der Waals surface area contributed by atoms with Crippen LogP contribution in [-0.2, 0) is 22.6 Å². The quantitative estimate of drug-likeness (QED) is 0.448. The average molecular weight is 509 g/mol. The summed E-state index contributed by atoms with van der Waals surface area (Å²) < 4.78 is 25.0. The molecule has 0 radical (unpaired) electrons. The third-order valence-corrected chi connectivity index (χ3v) is 7.70. The molecule has 8 heteroatoms. The molecule has 188 valence electrons. The van der Waals surface area contributed by atoms with Gasteiger partial charge in [0.1, 0.15) is 11.1 Å². The maximum absolute atomic E-state index is 14.4. The lowest BCUT2D eigenvalue weighted by molar-refractivity contribution is -0.128. The number of carbonyl (C=O) groups excluding carboxylic acids is 2. The fourth-order valence-corrected chi connectivity index (χ4v) is 5.47. The molecule has 0 saturated carbocycles. The van der Waals surface area contributed by atoms with Gasteiger partial charge in [-0.3, -0.25) is 9.59 Å². The summed E-state index contributed by atoms with van der Waals surface area (Å²) in [5.41, 5.74) is 2.15. The Balaban J connectivity index is 1.45. The van der Waals surface area contributed by atoms with Crippen molar-refractivity contribution in [1.82, 2.24) is 5.32 Å². The molecule has 2 amide bonds. The predicted octanol–water partition coefficient (Wildman–Crippen LogP) is 4.85. The van der Waals surface area contributed by atoms with Gasteiger partial charge in [-0.2, -0.15) is 0 Å². The van der Waals surface area contributed by atoms with E-state index in [0.29, 0.717) is 30.0 Å². The third kappa shape index (κ3) is 5.49. The van der Waals surface area contributed by atoms with Gasteiger partial charge in [0.2, 0.25) is 11.8 Å². The van der Waals surface area contributed by atoms with Gasteiger partial charge < -0.3 is 19.7 Å². The number of hydrogen-bond donors (Lipinski definition) is 1. The number of ether oxygens (including phenoxy) is 2. The van der Waals surface area contributed by atoms with Crippen LogP contribution in [0.2, 0.25) is 0 Å². The largest absolute Gasteiger partial charge is 0.493 e. The Morgan fingerprint density at radius 3 is 2.53 bits per heavy atom. The average Bonchev–Trinajstić information content (AvgIpc) is 2.90. The summed E-state index contributed by atoms with van der Waals surface area (Å²) in [4.78, 5) is 29.1. The summed E-state index contributed by atoms with van der Waals surface area (Å²) in [6, 6.07) is 19.6. The first-order chi connectivity index (χ1) is 17.4. The van der Waals surface area contributed by atoms with Crippen LogP contribution in [0.1, 0.15) is 18.1 Å². The molecule has 1 aliphatic rings. The standard InChI is InChI=1S/C28H29FN2O4S/c1-18(27(32)30-15-14-19-12-13-23(34-2)24(16-19)35-3)26-28(33)31(17-20-8-4-5-9-21(20)29)22-10-6-7-11-25(22)36-26/h4-13,16,18,26H,14-15,17H2,1-3H3,(H,30,32)/t18-,26-/m0/s1. The fourth-order valence-electron chi connectivity index (χ4n) is 4.18. The summed E-state index contributed by atoms with van der Waals surface area (Å²) in [6.45, 7) is 2.28. The Hall–Kier alpha value is -3.52. The second-order valence-corrected chi connectivity index (χ2v) is 9.72. The fraction of sp³-hybridized carbons (Fsp3) is 0.286. The number of carbonyl (C=O) groups is 2. The van der Waals surface area contributed by atoms with Crippen LogP contribution in [0.4, 0.5) is 10.1 Å². The normalized spacial score (nSPS) is 15.7. The zero-order chi connectivity index (χ0) is 25.7.